The molecule has 0 aliphatic heterocycles. The molecule has 0 radical (unpaired) electrons. The molecule has 33 heavy (non-hydrogen) atoms. The number of carbonyl (C=O) groups excluding carboxylic acids is 2. The number of nitrogens with zero attached hydrogens (tertiary/aromatic N) is 4. The largest absolute Gasteiger partial charge is 0.462 e. The topological polar surface area (TPSA) is 98.5 Å². The van der Waals surface area contributed by atoms with Crippen LogP contribution in [0, 0.1) is 27.7 Å². The third-order valence-corrected chi connectivity index (χ3v) is 7.33. The van der Waals surface area contributed by atoms with E-state index in [4.69, 9.17) is 4.74 Å². The number of carbonyl (C=O) groups is 2. The van der Waals surface area contributed by atoms with Crippen molar-refractivity contribution in [2.45, 2.75) is 51.9 Å². The van der Waals surface area contributed by atoms with Crippen molar-refractivity contribution in [2.24, 2.45) is 0 Å². The molecule has 3 aromatic heterocycles. The van der Waals surface area contributed by atoms with Gasteiger partial charge in [0.05, 0.1) is 23.1 Å². The Bertz CT molecular complexity index is 1390. The Morgan fingerprint density at radius 2 is 1.91 bits per heavy atom. The summed E-state index contributed by atoms with van der Waals surface area (Å²) in [5, 5.41) is 13.2. The Labute approximate surface area is 199 Å². The minimum atomic E-state index is -0.463. The summed E-state index contributed by atoms with van der Waals surface area (Å²) in [6, 6.07) is 6.31. The van der Waals surface area contributed by atoms with Gasteiger partial charge < -0.3 is 10.1 Å². The molecule has 0 saturated carbocycles. The molecule has 0 aliphatic rings. The van der Waals surface area contributed by atoms with E-state index in [1.54, 1.807) is 20.8 Å². The van der Waals surface area contributed by atoms with E-state index in [0.29, 0.717) is 20.9 Å². The van der Waals surface area contributed by atoms with E-state index in [9.17, 15) is 9.59 Å². The zero-order valence-corrected chi connectivity index (χ0v) is 21.0. The number of fused-ring (bicyclic) bond motifs is 3. The maximum atomic E-state index is 12.9. The lowest BCUT2D eigenvalue weighted by Gasteiger charge is -2.13. The van der Waals surface area contributed by atoms with Crippen LogP contribution in [0.4, 0.5) is 5.13 Å². The first-order valence-electron chi connectivity index (χ1n) is 10.6. The number of ether oxygens (including phenoxy) is 1. The van der Waals surface area contributed by atoms with Crippen molar-refractivity contribution in [2.75, 3.05) is 11.9 Å². The normalized spacial score (nSPS) is 12.3. The molecular formula is C23H25N5O3S2. The number of thiazole rings is 1. The fourth-order valence-electron chi connectivity index (χ4n) is 3.74. The quantitative estimate of drug-likeness (QED) is 0.309. The molecule has 3 heterocycles. The van der Waals surface area contributed by atoms with Crippen molar-refractivity contribution in [1.82, 2.24) is 19.6 Å². The maximum absolute atomic E-state index is 12.9. The molecule has 10 heteroatoms. The van der Waals surface area contributed by atoms with Gasteiger partial charge in [-0.05, 0) is 64.8 Å². The van der Waals surface area contributed by atoms with Gasteiger partial charge in [-0.25, -0.2) is 9.78 Å². The average molecular weight is 484 g/mol. The summed E-state index contributed by atoms with van der Waals surface area (Å²) in [6.07, 6.45) is 0. The summed E-state index contributed by atoms with van der Waals surface area (Å²) in [6.45, 7) is 11.8. The van der Waals surface area contributed by atoms with Crippen LogP contribution in [0.2, 0.25) is 0 Å². The molecule has 1 aromatic carbocycles. The summed E-state index contributed by atoms with van der Waals surface area (Å²) in [4.78, 5) is 29.6. The average Bonchev–Trinajstić information content (AvgIpc) is 3.31. The van der Waals surface area contributed by atoms with Gasteiger partial charge in [0.25, 0.3) is 0 Å². The van der Waals surface area contributed by atoms with Crippen molar-refractivity contribution < 1.29 is 14.3 Å². The number of aromatic nitrogens is 4. The van der Waals surface area contributed by atoms with Crippen LogP contribution >= 0.6 is 23.1 Å². The molecule has 0 fully saturated rings. The molecule has 4 rings (SSSR count). The number of hydrogen-bond acceptors (Lipinski definition) is 8. The molecule has 1 unspecified atom stereocenters. The minimum absolute atomic E-state index is 0.232. The van der Waals surface area contributed by atoms with Crippen molar-refractivity contribution in [3.63, 3.8) is 0 Å². The molecule has 4 aromatic rings. The SMILES string of the molecule is CCOC(=O)c1sc(NC(=O)C(C)Sc2nnc3cc(C)c4cc(C)cc(C)c4n23)nc1C. The summed E-state index contributed by atoms with van der Waals surface area (Å²) in [5.74, 6) is -0.664. The molecule has 1 amide bonds. The lowest BCUT2D eigenvalue weighted by molar-refractivity contribution is -0.115. The van der Waals surface area contributed by atoms with Gasteiger partial charge in [-0.15, -0.1) is 10.2 Å². The summed E-state index contributed by atoms with van der Waals surface area (Å²) in [7, 11) is 0. The number of hydrogen-bond donors (Lipinski definition) is 1. The number of esters is 1. The Kier molecular flexibility index (Phi) is 6.40. The van der Waals surface area contributed by atoms with Gasteiger partial charge in [-0.2, -0.15) is 0 Å². The Morgan fingerprint density at radius 3 is 2.64 bits per heavy atom. The van der Waals surface area contributed by atoms with Gasteiger partial charge in [0.2, 0.25) is 5.91 Å². The Hall–Kier alpha value is -2.98. The van der Waals surface area contributed by atoms with E-state index < -0.39 is 11.2 Å². The van der Waals surface area contributed by atoms with E-state index in [1.165, 1.54) is 17.3 Å². The summed E-state index contributed by atoms with van der Waals surface area (Å²) >= 11 is 2.44. The monoisotopic (exact) mass is 483 g/mol. The molecule has 1 atom stereocenters. The Balaban J connectivity index is 1.60. The number of benzene rings is 1. The van der Waals surface area contributed by atoms with Crippen LogP contribution < -0.4 is 5.32 Å². The molecule has 8 nitrogen and oxygen atoms in total. The van der Waals surface area contributed by atoms with Crippen LogP contribution in [0.3, 0.4) is 0 Å². The number of nitrogens with one attached hydrogen (secondary N) is 1. The van der Waals surface area contributed by atoms with Gasteiger partial charge >= 0.3 is 5.97 Å². The van der Waals surface area contributed by atoms with Crippen LogP contribution in [0.5, 0.6) is 0 Å². The minimum Gasteiger partial charge on any atom is -0.462 e. The number of anilines is 1. The van der Waals surface area contributed by atoms with Gasteiger partial charge in [-0.3, -0.25) is 9.20 Å². The number of amides is 1. The predicted molar refractivity (Wildman–Crippen MR) is 131 cm³/mol. The molecule has 0 aliphatic carbocycles. The molecule has 172 valence electrons. The highest BCUT2D eigenvalue weighted by Gasteiger charge is 2.23. The molecular weight excluding hydrogens is 458 g/mol. The predicted octanol–water partition coefficient (Wildman–Crippen LogP) is 4.87. The van der Waals surface area contributed by atoms with Crippen molar-refractivity contribution in [3.05, 3.63) is 45.5 Å². The fraction of sp³-hybridized carbons (Fsp3) is 0.348. The smallest absolute Gasteiger partial charge is 0.350 e. The third kappa shape index (κ3) is 4.45. The zero-order chi connectivity index (χ0) is 23.9. The van der Waals surface area contributed by atoms with Crippen LogP contribution in [0.1, 0.15) is 45.9 Å². The maximum Gasteiger partial charge on any atom is 0.350 e. The van der Waals surface area contributed by atoms with E-state index in [1.807, 2.05) is 10.5 Å². The molecule has 0 spiro atoms. The number of thioether (sulfide) groups is 1. The van der Waals surface area contributed by atoms with Crippen molar-refractivity contribution in [1.29, 1.82) is 0 Å². The Morgan fingerprint density at radius 1 is 1.15 bits per heavy atom. The first-order chi connectivity index (χ1) is 15.7. The second-order valence-electron chi connectivity index (χ2n) is 7.88. The van der Waals surface area contributed by atoms with Gasteiger partial charge in [0.15, 0.2) is 15.9 Å². The number of aryl methyl sites for hydroxylation is 4. The first kappa shape index (κ1) is 23.2. The third-order valence-electron chi connectivity index (χ3n) is 5.24. The van der Waals surface area contributed by atoms with Crippen LogP contribution in [-0.2, 0) is 9.53 Å². The van der Waals surface area contributed by atoms with Crippen molar-refractivity contribution in [3.8, 4) is 0 Å². The number of rotatable bonds is 6. The lowest BCUT2D eigenvalue weighted by atomic mass is 10.0. The van der Waals surface area contributed by atoms with Crippen molar-refractivity contribution >= 4 is 56.7 Å². The number of pyridine rings is 1. The van der Waals surface area contributed by atoms with Gasteiger partial charge in [0, 0.05) is 5.39 Å². The van der Waals surface area contributed by atoms with Crippen LogP contribution in [-0.4, -0.2) is 43.3 Å². The first-order valence-corrected chi connectivity index (χ1v) is 12.3. The summed E-state index contributed by atoms with van der Waals surface area (Å²) < 4.78 is 7.05. The fourth-order valence-corrected chi connectivity index (χ4v) is 5.47. The second-order valence-corrected chi connectivity index (χ2v) is 10.2. The zero-order valence-electron chi connectivity index (χ0n) is 19.3. The highest BCUT2D eigenvalue weighted by Crippen LogP contribution is 2.31. The highest BCUT2D eigenvalue weighted by molar-refractivity contribution is 8.00. The molecule has 0 saturated heterocycles. The van der Waals surface area contributed by atoms with E-state index in [2.05, 4.69) is 53.4 Å². The van der Waals surface area contributed by atoms with Crippen LogP contribution in [0.25, 0.3) is 16.6 Å². The second kappa shape index (κ2) is 9.11. The van der Waals surface area contributed by atoms with Gasteiger partial charge in [0.1, 0.15) is 4.88 Å². The van der Waals surface area contributed by atoms with Crippen LogP contribution in [0.15, 0.2) is 23.4 Å². The van der Waals surface area contributed by atoms with E-state index in [0.717, 1.165) is 39.0 Å². The molecule has 1 N–H and O–H groups in total. The lowest BCUT2D eigenvalue weighted by Crippen LogP contribution is -2.22. The highest BCUT2D eigenvalue weighted by atomic mass is 32.2. The van der Waals surface area contributed by atoms with E-state index in [-0.39, 0.29) is 12.5 Å². The molecule has 0 bridgehead atoms. The van der Waals surface area contributed by atoms with E-state index >= 15 is 0 Å². The van der Waals surface area contributed by atoms with Gasteiger partial charge in [-0.1, -0.05) is 34.7 Å². The summed E-state index contributed by atoms with van der Waals surface area (Å²) in [5.41, 5.74) is 5.78. The standard InChI is InChI=1S/C23H25N5O3S2/c1-7-31-21(30)19-14(5)24-22(33-19)25-20(29)15(6)32-23-27-26-17-10-12(3)16-9-11(2)8-13(4)18(16)28(17)23/h8-10,15H,7H2,1-6H3,(H,24,25,29).